The predicted octanol–water partition coefficient (Wildman–Crippen LogP) is 2.18. The number of rotatable bonds is 18. The number of carbonyl (C=O) groups excluding carboxylic acids is 3. The molecule has 0 radical (unpaired) electrons. The number of para-hydroxylation sites is 2. The number of hydrogen-bond donors (Lipinski definition) is 8. The lowest BCUT2D eigenvalue weighted by atomic mass is 10.0. The van der Waals surface area contributed by atoms with Gasteiger partial charge >= 0.3 is 5.97 Å². The number of aromatic amines is 2. The van der Waals surface area contributed by atoms with E-state index in [1.165, 1.54) is 0 Å². The number of fused-ring (bicyclic) bond motifs is 2. The van der Waals surface area contributed by atoms with Crippen LogP contribution < -0.4 is 27.4 Å². The maximum absolute atomic E-state index is 13.8. The fourth-order valence-corrected chi connectivity index (χ4v) is 5.90. The third-order valence-corrected chi connectivity index (χ3v) is 8.64. The van der Waals surface area contributed by atoms with Crippen LogP contribution in [-0.2, 0) is 32.0 Å². The lowest BCUT2D eigenvalue weighted by Gasteiger charge is -2.25. The van der Waals surface area contributed by atoms with E-state index in [0.717, 1.165) is 32.9 Å². The minimum absolute atomic E-state index is 0.0434. The fraction of sp³-hybridized carbons (Fsp3) is 0.394. The lowest BCUT2D eigenvalue weighted by molar-refractivity contribution is -0.142. The van der Waals surface area contributed by atoms with Crippen LogP contribution in [0.15, 0.2) is 60.9 Å². The summed E-state index contributed by atoms with van der Waals surface area (Å²) < 4.78 is 0. The molecule has 46 heavy (non-hydrogen) atoms. The molecule has 0 saturated heterocycles. The molecule has 0 saturated carbocycles. The molecule has 4 rings (SSSR count). The molecule has 13 heteroatoms. The topological polar surface area (TPSA) is 208 Å². The maximum atomic E-state index is 13.8. The van der Waals surface area contributed by atoms with Crippen molar-refractivity contribution >= 4 is 57.3 Å². The van der Waals surface area contributed by atoms with Gasteiger partial charge < -0.3 is 42.5 Å². The lowest BCUT2D eigenvalue weighted by Crippen LogP contribution is -2.57. The Morgan fingerprint density at radius 3 is 1.85 bits per heavy atom. The minimum atomic E-state index is -1.24. The van der Waals surface area contributed by atoms with Crippen molar-refractivity contribution in [2.24, 2.45) is 11.5 Å². The Kier molecular flexibility index (Phi) is 12.6. The zero-order chi connectivity index (χ0) is 33.1. The van der Waals surface area contributed by atoms with Crippen molar-refractivity contribution in [3.8, 4) is 0 Å². The van der Waals surface area contributed by atoms with Crippen LogP contribution in [-0.4, -0.2) is 81.5 Å². The van der Waals surface area contributed by atoms with E-state index in [1.54, 1.807) is 24.2 Å². The zero-order valence-electron chi connectivity index (χ0n) is 25.9. The third-order valence-electron chi connectivity index (χ3n) is 8.00. The number of carboxylic acid groups (broad SMARTS) is 1. The molecule has 0 bridgehead atoms. The Balaban J connectivity index is 1.53. The summed E-state index contributed by atoms with van der Waals surface area (Å²) in [6, 6.07) is 11.0. The molecule has 12 nitrogen and oxygen atoms in total. The first-order chi connectivity index (χ1) is 22.2. The van der Waals surface area contributed by atoms with Gasteiger partial charge in [0.15, 0.2) is 0 Å². The zero-order valence-corrected chi connectivity index (χ0v) is 26.7. The fourth-order valence-electron chi connectivity index (χ4n) is 5.41. The molecule has 0 fully saturated rings. The molecule has 0 spiro atoms. The van der Waals surface area contributed by atoms with E-state index in [1.807, 2.05) is 54.8 Å². The van der Waals surface area contributed by atoms with Gasteiger partial charge in [-0.3, -0.25) is 14.4 Å². The Hall–Kier alpha value is -4.33. The number of nitrogens with one attached hydrogen (secondary N) is 5. The van der Waals surface area contributed by atoms with Crippen molar-refractivity contribution in [1.29, 1.82) is 0 Å². The first-order valence-corrected chi connectivity index (χ1v) is 16.8. The monoisotopic (exact) mass is 649 g/mol. The maximum Gasteiger partial charge on any atom is 0.326 e. The standard InChI is InChI=1S/C33H43N7O5S/c1-46-15-13-24(35)30(41)39-28(16-20-18-36-25-10-4-2-8-22(20)25)32(43)38-27(12-6-7-14-34)31(42)40-29(33(44)45)17-21-19-37-26-11-5-3-9-23(21)26/h2-5,8-11,18-19,24,27-29,36-37H,6-7,12-17,34-35H2,1H3,(H,38,43)(H,39,41)(H,40,42)(H,44,45). The van der Waals surface area contributed by atoms with Crippen molar-refractivity contribution in [3.63, 3.8) is 0 Å². The first kappa shape index (κ1) is 34.5. The van der Waals surface area contributed by atoms with Gasteiger partial charge in [-0.05, 0) is 67.5 Å². The summed E-state index contributed by atoms with van der Waals surface area (Å²) in [5.74, 6) is -2.20. The van der Waals surface area contributed by atoms with Gasteiger partial charge in [-0.2, -0.15) is 11.8 Å². The largest absolute Gasteiger partial charge is 0.480 e. The summed E-state index contributed by atoms with van der Waals surface area (Å²) in [5.41, 5.74) is 15.1. The number of nitrogens with two attached hydrogens (primary N) is 2. The van der Waals surface area contributed by atoms with E-state index in [-0.39, 0.29) is 19.3 Å². The molecule has 0 aliphatic carbocycles. The van der Waals surface area contributed by atoms with Crippen LogP contribution in [0.3, 0.4) is 0 Å². The van der Waals surface area contributed by atoms with Gasteiger partial charge in [0, 0.05) is 47.0 Å². The number of thioether (sulfide) groups is 1. The molecule has 2 aromatic carbocycles. The number of aromatic nitrogens is 2. The summed E-state index contributed by atoms with van der Waals surface area (Å²) in [7, 11) is 0. The molecule has 246 valence electrons. The van der Waals surface area contributed by atoms with Crippen molar-refractivity contribution in [2.45, 2.75) is 62.7 Å². The molecule has 4 unspecified atom stereocenters. The number of unbranched alkanes of at least 4 members (excludes halogenated alkanes) is 1. The number of hydrogen-bond acceptors (Lipinski definition) is 7. The van der Waals surface area contributed by atoms with E-state index >= 15 is 0 Å². The van der Waals surface area contributed by atoms with E-state index in [2.05, 4.69) is 25.9 Å². The van der Waals surface area contributed by atoms with E-state index in [4.69, 9.17) is 11.5 Å². The molecular weight excluding hydrogens is 606 g/mol. The Morgan fingerprint density at radius 1 is 0.761 bits per heavy atom. The molecule has 4 atom stereocenters. The summed E-state index contributed by atoms with van der Waals surface area (Å²) in [6.45, 7) is 0.397. The SMILES string of the molecule is CSCCC(N)C(=O)NC(Cc1c[nH]c2ccccc12)C(=O)NC(CCCCN)C(=O)NC(Cc1c[nH]c2ccccc12)C(=O)O. The van der Waals surface area contributed by atoms with Gasteiger partial charge in [0.05, 0.1) is 6.04 Å². The van der Waals surface area contributed by atoms with Crippen LogP contribution in [0.5, 0.6) is 0 Å². The van der Waals surface area contributed by atoms with E-state index in [0.29, 0.717) is 31.6 Å². The second-order valence-electron chi connectivity index (χ2n) is 11.3. The molecule has 4 aromatic rings. The highest BCUT2D eigenvalue weighted by Gasteiger charge is 2.31. The van der Waals surface area contributed by atoms with Crippen molar-refractivity contribution in [2.75, 3.05) is 18.6 Å². The first-order valence-electron chi connectivity index (χ1n) is 15.4. The van der Waals surface area contributed by atoms with E-state index in [9.17, 15) is 24.3 Å². The number of aliphatic carboxylic acids is 1. The van der Waals surface area contributed by atoms with Crippen LogP contribution >= 0.6 is 11.8 Å². The normalized spacial score (nSPS) is 14.0. The van der Waals surface area contributed by atoms with Gasteiger partial charge in [-0.15, -0.1) is 0 Å². The molecule has 0 aliphatic rings. The van der Waals surface area contributed by atoms with Crippen LogP contribution in [0, 0.1) is 0 Å². The highest BCUT2D eigenvalue weighted by Crippen LogP contribution is 2.21. The van der Waals surface area contributed by atoms with Gasteiger partial charge in [0.2, 0.25) is 17.7 Å². The molecule has 0 aliphatic heterocycles. The predicted molar refractivity (Wildman–Crippen MR) is 181 cm³/mol. The number of H-pyrrole nitrogens is 2. The van der Waals surface area contributed by atoms with Gasteiger partial charge in [-0.25, -0.2) is 4.79 Å². The quantitative estimate of drug-likeness (QED) is 0.0748. The Labute approximate surface area is 271 Å². The van der Waals surface area contributed by atoms with Crippen LogP contribution in [0.4, 0.5) is 0 Å². The summed E-state index contributed by atoms with van der Waals surface area (Å²) in [5, 5.41) is 20.0. The third kappa shape index (κ3) is 9.12. The number of carboxylic acids is 1. The number of carbonyl (C=O) groups is 4. The average molecular weight is 650 g/mol. The molecule has 10 N–H and O–H groups in total. The highest BCUT2D eigenvalue weighted by atomic mass is 32.2. The van der Waals surface area contributed by atoms with Gasteiger partial charge in [-0.1, -0.05) is 36.4 Å². The van der Waals surface area contributed by atoms with Crippen LogP contribution in [0.1, 0.15) is 36.8 Å². The van der Waals surface area contributed by atoms with Crippen molar-refractivity contribution < 1.29 is 24.3 Å². The summed E-state index contributed by atoms with van der Waals surface area (Å²) in [6.07, 6.45) is 7.43. The number of amides is 3. The minimum Gasteiger partial charge on any atom is -0.480 e. The molecule has 2 heterocycles. The van der Waals surface area contributed by atoms with Crippen LogP contribution in [0.25, 0.3) is 21.8 Å². The molecule has 2 aromatic heterocycles. The van der Waals surface area contributed by atoms with Gasteiger partial charge in [0.1, 0.15) is 18.1 Å². The van der Waals surface area contributed by atoms with Gasteiger partial charge in [0.25, 0.3) is 0 Å². The number of benzene rings is 2. The smallest absolute Gasteiger partial charge is 0.326 e. The van der Waals surface area contributed by atoms with E-state index < -0.39 is 47.9 Å². The molecule has 3 amide bonds. The highest BCUT2D eigenvalue weighted by molar-refractivity contribution is 7.98. The van der Waals surface area contributed by atoms with Crippen molar-refractivity contribution in [1.82, 2.24) is 25.9 Å². The second-order valence-corrected chi connectivity index (χ2v) is 12.3. The Bertz CT molecular complexity index is 1640. The summed E-state index contributed by atoms with van der Waals surface area (Å²) in [4.78, 5) is 59.1. The summed E-state index contributed by atoms with van der Waals surface area (Å²) >= 11 is 1.57. The average Bonchev–Trinajstić information content (AvgIpc) is 3.66. The second kappa shape index (κ2) is 16.8. The Morgan fingerprint density at radius 2 is 1.28 bits per heavy atom. The van der Waals surface area contributed by atoms with Crippen molar-refractivity contribution in [3.05, 3.63) is 72.1 Å². The molecular formula is C33H43N7O5S. The van der Waals surface area contributed by atoms with Crippen LogP contribution in [0.2, 0.25) is 0 Å².